The Labute approximate surface area is 105 Å². The third-order valence-corrected chi connectivity index (χ3v) is 1.52. The second-order valence-electron chi connectivity index (χ2n) is 2.98. The zero-order valence-electron chi connectivity index (χ0n) is 9.91. The highest BCUT2D eigenvalue weighted by Crippen LogP contribution is 1.98. The Kier molecular flexibility index (Phi) is 9.15. The molecule has 0 rings (SSSR count). The van der Waals surface area contributed by atoms with E-state index in [0.29, 0.717) is 6.08 Å². The number of carboxylic acid groups (broad SMARTS) is 1. The lowest BCUT2D eigenvalue weighted by molar-refractivity contribution is -0.171. The van der Waals surface area contributed by atoms with E-state index in [-0.39, 0.29) is 19.8 Å². The smallest absolute Gasteiger partial charge is 0.331 e. The average Bonchev–Trinajstić information content (AvgIpc) is 2.35. The molecule has 0 aromatic carbocycles. The highest BCUT2D eigenvalue weighted by atomic mass is 16.7. The molecular formula is C12H16O6. The molecule has 0 aromatic heterocycles. The average molecular weight is 256 g/mol. The van der Waals surface area contributed by atoms with E-state index in [9.17, 15) is 9.59 Å². The number of esters is 1. The van der Waals surface area contributed by atoms with Gasteiger partial charge in [0.1, 0.15) is 6.61 Å². The molecule has 0 aliphatic heterocycles. The first kappa shape index (κ1) is 16.1. The molecule has 6 nitrogen and oxygen atoms in total. The third-order valence-electron chi connectivity index (χ3n) is 1.52. The summed E-state index contributed by atoms with van der Waals surface area (Å²) >= 11 is 0. The zero-order valence-corrected chi connectivity index (χ0v) is 9.91. The summed E-state index contributed by atoms with van der Waals surface area (Å²) in [6, 6.07) is 0. The highest BCUT2D eigenvalue weighted by molar-refractivity contribution is 5.90. The van der Waals surface area contributed by atoms with Crippen LogP contribution < -0.4 is 0 Å². The molecule has 0 aliphatic carbocycles. The minimum absolute atomic E-state index is 0.148. The van der Waals surface area contributed by atoms with Gasteiger partial charge in [-0.3, -0.25) is 0 Å². The Hall–Kier alpha value is -1.92. The van der Waals surface area contributed by atoms with Crippen LogP contribution >= 0.6 is 0 Å². The van der Waals surface area contributed by atoms with Gasteiger partial charge >= 0.3 is 11.9 Å². The maximum absolute atomic E-state index is 11.1. The largest absolute Gasteiger partial charge is 0.478 e. The number of hydrogen-bond donors (Lipinski definition) is 1. The van der Waals surface area contributed by atoms with Crippen LogP contribution in [0.15, 0.2) is 37.5 Å². The molecule has 0 bridgehead atoms. The number of hydrogen-bond acceptors (Lipinski definition) is 5. The molecule has 0 fully saturated rings. The van der Waals surface area contributed by atoms with Gasteiger partial charge in [-0.2, -0.15) is 0 Å². The predicted molar refractivity (Wildman–Crippen MR) is 63.8 cm³/mol. The molecule has 0 amide bonds. The summed E-state index contributed by atoms with van der Waals surface area (Å²) in [4.78, 5) is 21.2. The number of carbonyl (C=O) groups is 2. The van der Waals surface area contributed by atoms with Gasteiger partial charge < -0.3 is 19.3 Å². The highest BCUT2D eigenvalue weighted by Gasteiger charge is 2.10. The van der Waals surface area contributed by atoms with Gasteiger partial charge in [-0.1, -0.05) is 12.2 Å². The van der Waals surface area contributed by atoms with Crippen molar-refractivity contribution in [3.63, 3.8) is 0 Å². The number of aliphatic carboxylic acids is 1. The van der Waals surface area contributed by atoms with Gasteiger partial charge in [0.05, 0.1) is 13.2 Å². The Bertz CT molecular complexity index is 309. The number of carboxylic acids is 1. The summed E-state index contributed by atoms with van der Waals surface area (Å²) in [7, 11) is 0. The Morgan fingerprint density at radius 3 is 2.11 bits per heavy atom. The van der Waals surface area contributed by atoms with Gasteiger partial charge in [-0.15, -0.1) is 13.2 Å². The molecule has 0 atom stereocenters. The van der Waals surface area contributed by atoms with Crippen LogP contribution in [0.3, 0.4) is 0 Å². The molecule has 0 saturated carbocycles. The van der Waals surface area contributed by atoms with Gasteiger partial charge in [0.15, 0.2) is 6.29 Å². The molecule has 0 unspecified atom stereocenters. The monoisotopic (exact) mass is 256 g/mol. The summed E-state index contributed by atoms with van der Waals surface area (Å²) in [6.07, 6.45) is 3.79. The molecule has 0 heterocycles. The summed E-state index contributed by atoms with van der Waals surface area (Å²) in [6.45, 7) is 7.28. The molecule has 0 aromatic rings. The maximum Gasteiger partial charge on any atom is 0.331 e. The van der Waals surface area contributed by atoms with Crippen LogP contribution in [0.2, 0.25) is 0 Å². The van der Waals surface area contributed by atoms with E-state index in [2.05, 4.69) is 13.2 Å². The van der Waals surface area contributed by atoms with Crippen LogP contribution in [0.25, 0.3) is 0 Å². The van der Waals surface area contributed by atoms with Crippen molar-refractivity contribution >= 4 is 11.9 Å². The van der Waals surface area contributed by atoms with E-state index in [0.717, 1.165) is 6.08 Å². The van der Waals surface area contributed by atoms with Crippen LogP contribution in [0.4, 0.5) is 0 Å². The lowest BCUT2D eigenvalue weighted by Gasteiger charge is -2.16. The molecule has 18 heavy (non-hydrogen) atoms. The van der Waals surface area contributed by atoms with E-state index in [1.165, 1.54) is 12.2 Å². The van der Waals surface area contributed by atoms with Crippen molar-refractivity contribution in [3.8, 4) is 0 Å². The molecule has 0 radical (unpaired) electrons. The molecule has 6 heteroatoms. The van der Waals surface area contributed by atoms with Crippen LogP contribution in [0, 0.1) is 0 Å². The van der Waals surface area contributed by atoms with E-state index in [4.69, 9.17) is 19.3 Å². The van der Waals surface area contributed by atoms with Gasteiger partial charge in [-0.25, -0.2) is 9.59 Å². The van der Waals surface area contributed by atoms with E-state index in [1.54, 1.807) is 0 Å². The topological polar surface area (TPSA) is 82.1 Å². The summed E-state index contributed by atoms with van der Waals surface area (Å²) in [5, 5.41) is 8.31. The number of rotatable bonds is 10. The zero-order chi connectivity index (χ0) is 13.8. The molecule has 0 aliphatic rings. The van der Waals surface area contributed by atoms with Crippen molar-refractivity contribution in [2.75, 3.05) is 19.8 Å². The summed E-state index contributed by atoms with van der Waals surface area (Å²) in [5.41, 5.74) is 0. The van der Waals surface area contributed by atoms with Crippen molar-refractivity contribution in [1.82, 2.24) is 0 Å². The van der Waals surface area contributed by atoms with Crippen LogP contribution in [0.1, 0.15) is 0 Å². The minimum atomic E-state index is -1.23. The second-order valence-corrected chi connectivity index (χ2v) is 2.98. The summed E-state index contributed by atoms with van der Waals surface area (Å²) in [5.74, 6) is -2.01. The van der Waals surface area contributed by atoms with Crippen molar-refractivity contribution in [2.45, 2.75) is 6.29 Å². The maximum atomic E-state index is 11.1. The van der Waals surface area contributed by atoms with Gasteiger partial charge in [0.2, 0.25) is 0 Å². The Balaban J connectivity index is 4.06. The van der Waals surface area contributed by atoms with Crippen LogP contribution in [0.5, 0.6) is 0 Å². The number of carbonyl (C=O) groups excluding carboxylic acids is 1. The SMILES string of the molecule is C=CCOC(COC(=O)C=CC(=O)O)OCC=C. The van der Waals surface area contributed by atoms with Crippen molar-refractivity contribution in [2.24, 2.45) is 0 Å². The molecular weight excluding hydrogens is 240 g/mol. The van der Waals surface area contributed by atoms with Crippen molar-refractivity contribution in [1.29, 1.82) is 0 Å². The fraction of sp³-hybridized carbons (Fsp3) is 0.333. The molecule has 1 N–H and O–H groups in total. The van der Waals surface area contributed by atoms with Crippen molar-refractivity contribution < 1.29 is 28.9 Å². The lowest BCUT2D eigenvalue weighted by Crippen LogP contribution is -2.25. The first-order valence-electron chi connectivity index (χ1n) is 5.13. The van der Waals surface area contributed by atoms with Crippen molar-refractivity contribution in [3.05, 3.63) is 37.5 Å². The quantitative estimate of drug-likeness (QED) is 0.271. The first-order chi connectivity index (χ1) is 8.60. The van der Waals surface area contributed by atoms with Gasteiger partial charge in [-0.05, 0) is 0 Å². The predicted octanol–water partition coefficient (Wildman–Crippen LogP) is 0.902. The van der Waals surface area contributed by atoms with E-state index < -0.39 is 18.2 Å². The summed E-state index contributed by atoms with van der Waals surface area (Å²) < 4.78 is 15.1. The first-order valence-corrected chi connectivity index (χ1v) is 5.13. The third kappa shape index (κ3) is 9.32. The standard InChI is InChI=1S/C12H16O6/c1-3-7-16-12(17-8-4-2)9-18-11(15)6-5-10(13)14/h3-6,12H,1-2,7-9H2,(H,13,14). The number of ether oxygens (including phenoxy) is 3. The second kappa shape index (κ2) is 10.2. The lowest BCUT2D eigenvalue weighted by atomic mass is 10.5. The van der Waals surface area contributed by atoms with Crippen LogP contribution in [-0.4, -0.2) is 43.2 Å². The van der Waals surface area contributed by atoms with Gasteiger partial charge in [0, 0.05) is 12.2 Å². The molecule has 0 saturated heterocycles. The van der Waals surface area contributed by atoms with Crippen LogP contribution in [-0.2, 0) is 23.8 Å². The molecule has 100 valence electrons. The molecule has 0 spiro atoms. The van der Waals surface area contributed by atoms with E-state index >= 15 is 0 Å². The minimum Gasteiger partial charge on any atom is -0.478 e. The van der Waals surface area contributed by atoms with E-state index in [1.807, 2.05) is 0 Å². The normalized spacial score (nSPS) is 10.5. The Morgan fingerprint density at radius 2 is 1.67 bits per heavy atom. The van der Waals surface area contributed by atoms with Gasteiger partial charge in [0.25, 0.3) is 0 Å². The Morgan fingerprint density at radius 1 is 1.11 bits per heavy atom. The fourth-order valence-electron chi connectivity index (χ4n) is 0.833. The fourth-order valence-corrected chi connectivity index (χ4v) is 0.833.